The fraction of sp³-hybridized carbons (Fsp3) is 0.588. The van der Waals surface area contributed by atoms with Crippen LogP contribution >= 0.6 is 0 Å². The van der Waals surface area contributed by atoms with Gasteiger partial charge in [-0.15, -0.1) is 0 Å². The van der Waals surface area contributed by atoms with E-state index >= 15 is 0 Å². The van der Waals surface area contributed by atoms with Gasteiger partial charge in [0.1, 0.15) is 17.0 Å². The van der Waals surface area contributed by atoms with Crippen molar-refractivity contribution in [2.45, 2.75) is 125 Å². The lowest BCUT2D eigenvalue weighted by atomic mass is 9.80. The maximum atomic E-state index is 12.3. The molecule has 0 saturated carbocycles. The number of aromatic nitrogens is 1. The Labute approximate surface area is 230 Å². The Kier molecular flexibility index (Phi) is 9.03. The predicted octanol–water partition coefficient (Wildman–Crippen LogP) is 8.97. The second kappa shape index (κ2) is 10.9. The molecule has 38 heavy (non-hydrogen) atoms. The highest BCUT2D eigenvalue weighted by Crippen LogP contribution is 2.35. The standard InChI is InChI=1S/C20H29NO2.C14H22O/c1-12(2)9-16-18(22)23-17-14(20(6,7)8)10-13(19(3,4)5)11-15(17)21-16;1-13(2,3)10-7-11(14(4,5)6)9-12(15)8-10/h10-12H,9H2,1-8H3;7-9,15H,1-6H3. The van der Waals surface area contributed by atoms with E-state index in [0.717, 1.165) is 11.1 Å². The molecule has 0 fully saturated rings. The minimum Gasteiger partial charge on any atom is -0.508 e. The van der Waals surface area contributed by atoms with Gasteiger partial charge in [0.2, 0.25) is 0 Å². The van der Waals surface area contributed by atoms with Gasteiger partial charge in [-0.25, -0.2) is 9.78 Å². The molecule has 0 aliphatic carbocycles. The minimum atomic E-state index is -0.305. The molecule has 3 rings (SSSR count). The first-order valence-electron chi connectivity index (χ1n) is 13.8. The first-order chi connectivity index (χ1) is 17.0. The van der Waals surface area contributed by atoms with Gasteiger partial charge in [0.25, 0.3) is 0 Å². The highest BCUT2D eigenvalue weighted by molar-refractivity contribution is 5.78. The number of benzene rings is 2. The average molecular weight is 522 g/mol. The summed E-state index contributed by atoms with van der Waals surface area (Å²) in [6.45, 7) is 30.1. The van der Waals surface area contributed by atoms with E-state index in [1.54, 1.807) is 0 Å². The van der Waals surface area contributed by atoms with E-state index in [1.807, 2.05) is 12.1 Å². The van der Waals surface area contributed by atoms with Gasteiger partial charge in [-0.05, 0) is 68.9 Å². The van der Waals surface area contributed by atoms with Crippen LogP contribution in [0, 0.1) is 5.92 Å². The van der Waals surface area contributed by atoms with Gasteiger partial charge in [-0.1, -0.05) is 109 Å². The van der Waals surface area contributed by atoms with E-state index in [0.29, 0.717) is 29.4 Å². The van der Waals surface area contributed by atoms with Gasteiger partial charge in [-0.2, -0.15) is 0 Å². The summed E-state index contributed by atoms with van der Waals surface area (Å²) in [6.07, 6.45) is 0.642. The third kappa shape index (κ3) is 8.19. The van der Waals surface area contributed by atoms with Crippen LogP contribution < -0.4 is 5.63 Å². The normalized spacial score (nSPS) is 13.0. The van der Waals surface area contributed by atoms with Crippen LogP contribution in [0.5, 0.6) is 5.75 Å². The Hall–Kier alpha value is -2.62. The number of nitrogens with zero attached hydrogens (tertiary/aromatic N) is 1. The molecule has 0 radical (unpaired) electrons. The zero-order valence-electron chi connectivity index (χ0n) is 26.4. The Morgan fingerprint density at radius 2 is 1.16 bits per heavy atom. The SMILES string of the molecule is CC(C)(C)c1cc(O)cc(C(C)(C)C)c1.CC(C)Cc1nc2cc(C(C)(C)C)cc(C(C)(C)C)c2oc1=O. The molecule has 1 heterocycles. The molecule has 1 N–H and O–H groups in total. The predicted molar refractivity (Wildman–Crippen MR) is 162 cm³/mol. The second-order valence-corrected chi connectivity index (χ2v) is 15.2. The zero-order chi connectivity index (χ0) is 29.4. The second-order valence-electron chi connectivity index (χ2n) is 15.2. The topological polar surface area (TPSA) is 63.3 Å². The molecule has 0 spiro atoms. The summed E-state index contributed by atoms with van der Waals surface area (Å²) in [5.41, 5.74) is 6.34. The van der Waals surface area contributed by atoms with Crippen LogP contribution in [-0.2, 0) is 28.1 Å². The van der Waals surface area contributed by atoms with Gasteiger partial charge >= 0.3 is 5.63 Å². The molecule has 1 aromatic heterocycles. The van der Waals surface area contributed by atoms with Crippen LogP contribution in [0.15, 0.2) is 39.5 Å². The van der Waals surface area contributed by atoms with Crippen molar-refractivity contribution in [1.29, 1.82) is 0 Å². The molecule has 2 aromatic carbocycles. The van der Waals surface area contributed by atoms with Crippen molar-refractivity contribution in [1.82, 2.24) is 4.98 Å². The smallest absolute Gasteiger partial charge is 0.358 e. The molecule has 0 saturated heterocycles. The fourth-order valence-electron chi connectivity index (χ4n) is 4.13. The number of phenols is 1. The quantitative estimate of drug-likeness (QED) is 0.365. The average Bonchev–Trinajstić information content (AvgIpc) is 2.70. The largest absolute Gasteiger partial charge is 0.508 e. The summed E-state index contributed by atoms with van der Waals surface area (Å²) in [7, 11) is 0. The molecule has 210 valence electrons. The molecular weight excluding hydrogens is 470 g/mol. The van der Waals surface area contributed by atoms with Gasteiger partial charge < -0.3 is 9.52 Å². The van der Waals surface area contributed by atoms with Crippen molar-refractivity contribution in [3.8, 4) is 5.75 Å². The highest BCUT2D eigenvalue weighted by Gasteiger charge is 2.25. The van der Waals surface area contributed by atoms with Crippen LogP contribution in [-0.4, -0.2) is 10.1 Å². The number of phenolic OH excluding ortho intramolecular Hbond substituents is 1. The lowest BCUT2D eigenvalue weighted by molar-refractivity contribution is 0.466. The third-order valence-corrected chi connectivity index (χ3v) is 6.68. The summed E-state index contributed by atoms with van der Waals surface area (Å²) >= 11 is 0. The lowest BCUT2D eigenvalue weighted by Crippen LogP contribution is -2.19. The molecule has 0 unspecified atom stereocenters. The first-order valence-corrected chi connectivity index (χ1v) is 13.8. The Morgan fingerprint density at radius 3 is 1.55 bits per heavy atom. The Balaban J connectivity index is 0.000000293. The van der Waals surface area contributed by atoms with Crippen LogP contribution in [0.1, 0.15) is 125 Å². The summed E-state index contributed by atoms with van der Waals surface area (Å²) in [6, 6.07) is 10.1. The molecule has 4 heteroatoms. The summed E-state index contributed by atoms with van der Waals surface area (Å²) in [4.78, 5) is 17.0. The van der Waals surface area contributed by atoms with Crippen molar-refractivity contribution in [2.24, 2.45) is 5.92 Å². The molecule has 4 nitrogen and oxygen atoms in total. The van der Waals surface area contributed by atoms with Crippen LogP contribution in [0.3, 0.4) is 0 Å². The molecule has 0 aliphatic heterocycles. The lowest BCUT2D eigenvalue weighted by Gasteiger charge is -2.25. The molecule has 3 aromatic rings. The molecular formula is C34H51NO3. The minimum absolute atomic E-state index is 0.0181. The van der Waals surface area contributed by atoms with E-state index in [-0.39, 0.29) is 27.3 Å². The Morgan fingerprint density at radius 1 is 0.711 bits per heavy atom. The molecule has 0 aliphatic rings. The molecule has 0 bridgehead atoms. The number of hydrogen-bond acceptors (Lipinski definition) is 4. The van der Waals surface area contributed by atoms with Gasteiger partial charge in [0, 0.05) is 5.56 Å². The van der Waals surface area contributed by atoms with E-state index in [2.05, 4.69) is 120 Å². The highest BCUT2D eigenvalue weighted by atomic mass is 16.4. The van der Waals surface area contributed by atoms with Crippen LogP contribution in [0.2, 0.25) is 0 Å². The van der Waals surface area contributed by atoms with Crippen molar-refractivity contribution in [2.75, 3.05) is 0 Å². The van der Waals surface area contributed by atoms with E-state index in [9.17, 15) is 9.90 Å². The summed E-state index contributed by atoms with van der Waals surface area (Å²) in [5, 5.41) is 9.72. The zero-order valence-corrected chi connectivity index (χ0v) is 26.4. The maximum Gasteiger partial charge on any atom is 0.358 e. The summed E-state index contributed by atoms with van der Waals surface area (Å²) < 4.78 is 5.70. The molecule has 0 amide bonds. The van der Waals surface area contributed by atoms with Gasteiger partial charge in [0.05, 0.1) is 0 Å². The van der Waals surface area contributed by atoms with Gasteiger partial charge in [-0.3, -0.25) is 0 Å². The van der Waals surface area contributed by atoms with Crippen molar-refractivity contribution in [3.05, 3.63) is 68.7 Å². The van der Waals surface area contributed by atoms with E-state index in [1.165, 1.54) is 16.7 Å². The third-order valence-electron chi connectivity index (χ3n) is 6.68. The number of rotatable bonds is 2. The number of fused-ring (bicyclic) bond motifs is 1. The van der Waals surface area contributed by atoms with Crippen LogP contribution in [0.4, 0.5) is 0 Å². The maximum absolute atomic E-state index is 12.3. The number of hydrogen-bond donors (Lipinski definition) is 1. The molecule has 0 atom stereocenters. The van der Waals surface area contributed by atoms with Crippen LogP contribution in [0.25, 0.3) is 11.1 Å². The first kappa shape index (κ1) is 31.6. The fourth-order valence-corrected chi connectivity index (χ4v) is 4.13. The monoisotopic (exact) mass is 521 g/mol. The van der Waals surface area contributed by atoms with Crippen molar-refractivity contribution in [3.63, 3.8) is 0 Å². The van der Waals surface area contributed by atoms with Crippen molar-refractivity contribution >= 4 is 11.1 Å². The number of aromatic hydroxyl groups is 1. The van der Waals surface area contributed by atoms with Gasteiger partial charge in [0.15, 0.2) is 5.58 Å². The Bertz CT molecular complexity index is 1290. The van der Waals surface area contributed by atoms with E-state index in [4.69, 9.17) is 4.42 Å². The van der Waals surface area contributed by atoms with E-state index < -0.39 is 0 Å². The summed E-state index contributed by atoms with van der Waals surface area (Å²) in [5.74, 6) is 0.739. The van der Waals surface area contributed by atoms with Crippen molar-refractivity contribution < 1.29 is 9.52 Å².